The second-order valence-corrected chi connectivity index (χ2v) is 6.56. The summed E-state index contributed by atoms with van der Waals surface area (Å²) in [4.78, 5) is 2.38. The van der Waals surface area contributed by atoms with E-state index in [1.165, 1.54) is 5.56 Å². The van der Waals surface area contributed by atoms with E-state index in [9.17, 15) is 0 Å². The van der Waals surface area contributed by atoms with Crippen molar-refractivity contribution in [2.75, 3.05) is 19.7 Å². The van der Waals surface area contributed by atoms with E-state index in [4.69, 9.17) is 20.9 Å². The third kappa shape index (κ3) is 3.70. The minimum Gasteiger partial charge on any atom is -0.492 e. The summed E-state index contributed by atoms with van der Waals surface area (Å²) in [5.41, 5.74) is 3.13. The second kappa shape index (κ2) is 7.30. The number of hydrogen-bond donors (Lipinski definition) is 0. The topological polar surface area (TPSA) is 38.5 Å². The molecule has 0 spiro atoms. The molecule has 4 rings (SSSR count). The van der Waals surface area contributed by atoms with Gasteiger partial charge in [0.2, 0.25) is 0 Å². The van der Waals surface area contributed by atoms with Gasteiger partial charge in [0.05, 0.1) is 0 Å². The third-order valence-corrected chi connectivity index (χ3v) is 4.70. The lowest BCUT2D eigenvalue weighted by molar-refractivity contribution is 0.188. The Bertz CT molecular complexity index is 831. The van der Waals surface area contributed by atoms with E-state index >= 15 is 0 Å². The van der Waals surface area contributed by atoms with Gasteiger partial charge in [-0.3, -0.25) is 4.90 Å². The smallest absolute Gasteiger partial charge is 0.143 e. The van der Waals surface area contributed by atoms with Crippen LogP contribution in [0.4, 0.5) is 0 Å². The van der Waals surface area contributed by atoms with Crippen molar-refractivity contribution in [2.24, 2.45) is 0 Å². The maximum atomic E-state index is 5.98. The molecule has 0 radical (unpaired) electrons. The molecule has 0 bridgehead atoms. The zero-order valence-electron chi connectivity index (χ0n) is 13.8. The van der Waals surface area contributed by atoms with E-state index in [0.717, 1.165) is 53.8 Å². The van der Waals surface area contributed by atoms with Gasteiger partial charge < -0.3 is 9.26 Å². The SMILES string of the molecule is Clc1ccc(-c2noc3c2CN(CCOc2ccccc2)CC3)cc1. The van der Waals surface area contributed by atoms with E-state index in [-0.39, 0.29) is 0 Å². The number of aromatic nitrogens is 1. The number of para-hydroxylation sites is 1. The van der Waals surface area contributed by atoms with Crippen LogP contribution in [0.1, 0.15) is 11.3 Å². The fraction of sp³-hybridized carbons (Fsp3) is 0.250. The fourth-order valence-corrected chi connectivity index (χ4v) is 3.23. The highest BCUT2D eigenvalue weighted by Crippen LogP contribution is 2.30. The Kier molecular flexibility index (Phi) is 4.72. The number of fused-ring (bicyclic) bond motifs is 1. The molecule has 0 fully saturated rings. The number of hydrogen-bond acceptors (Lipinski definition) is 4. The molecular weight excluding hydrogens is 336 g/mol. The highest BCUT2D eigenvalue weighted by molar-refractivity contribution is 6.30. The molecule has 1 aromatic heterocycles. The van der Waals surface area contributed by atoms with Crippen molar-refractivity contribution in [1.82, 2.24) is 10.1 Å². The molecule has 2 aromatic carbocycles. The van der Waals surface area contributed by atoms with Crippen molar-refractivity contribution in [3.63, 3.8) is 0 Å². The monoisotopic (exact) mass is 354 g/mol. The van der Waals surface area contributed by atoms with Crippen LogP contribution in [0.3, 0.4) is 0 Å². The molecule has 2 heterocycles. The first kappa shape index (κ1) is 16.2. The highest BCUT2D eigenvalue weighted by Gasteiger charge is 2.24. The van der Waals surface area contributed by atoms with Gasteiger partial charge in [0.25, 0.3) is 0 Å². The molecular formula is C20H19ClN2O2. The highest BCUT2D eigenvalue weighted by atomic mass is 35.5. The van der Waals surface area contributed by atoms with Gasteiger partial charge in [-0.1, -0.05) is 47.1 Å². The molecule has 1 aliphatic rings. The average Bonchev–Trinajstić information content (AvgIpc) is 3.07. The minimum atomic E-state index is 0.668. The van der Waals surface area contributed by atoms with Crippen molar-refractivity contribution in [2.45, 2.75) is 13.0 Å². The summed E-state index contributed by atoms with van der Waals surface area (Å²) in [6, 6.07) is 17.6. The Balaban J connectivity index is 1.42. The van der Waals surface area contributed by atoms with Gasteiger partial charge in [0.15, 0.2) is 0 Å². The van der Waals surface area contributed by atoms with Crippen LogP contribution in [0.5, 0.6) is 5.75 Å². The minimum absolute atomic E-state index is 0.668. The summed E-state index contributed by atoms with van der Waals surface area (Å²) in [6.07, 6.45) is 0.876. The lowest BCUT2D eigenvalue weighted by Crippen LogP contribution is -2.33. The predicted octanol–water partition coefficient (Wildman–Crippen LogP) is 4.43. The van der Waals surface area contributed by atoms with Gasteiger partial charge >= 0.3 is 0 Å². The van der Waals surface area contributed by atoms with Gasteiger partial charge in [0.1, 0.15) is 23.8 Å². The number of halogens is 1. The molecule has 0 unspecified atom stereocenters. The first-order chi connectivity index (χ1) is 12.3. The van der Waals surface area contributed by atoms with Gasteiger partial charge in [0, 0.05) is 42.2 Å². The van der Waals surface area contributed by atoms with Gasteiger partial charge in [-0.25, -0.2) is 0 Å². The molecule has 0 N–H and O–H groups in total. The van der Waals surface area contributed by atoms with E-state index < -0.39 is 0 Å². The Labute approximate surface area is 152 Å². The summed E-state index contributed by atoms with van der Waals surface area (Å²) in [7, 11) is 0. The molecule has 128 valence electrons. The van der Waals surface area contributed by atoms with Crippen molar-refractivity contribution in [1.29, 1.82) is 0 Å². The van der Waals surface area contributed by atoms with E-state index in [1.54, 1.807) is 0 Å². The van der Waals surface area contributed by atoms with E-state index in [2.05, 4.69) is 10.1 Å². The number of benzene rings is 2. The van der Waals surface area contributed by atoms with Crippen LogP contribution in [-0.4, -0.2) is 29.8 Å². The van der Waals surface area contributed by atoms with Crippen molar-refractivity contribution < 1.29 is 9.26 Å². The van der Waals surface area contributed by atoms with Crippen LogP contribution < -0.4 is 4.74 Å². The Morgan fingerprint density at radius 1 is 1.08 bits per heavy atom. The van der Waals surface area contributed by atoms with Gasteiger partial charge in [-0.2, -0.15) is 0 Å². The molecule has 0 atom stereocenters. The average molecular weight is 355 g/mol. The molecule has 5 heteroatoms. The first-order valence-corrected chi connectivity index (χ1v) is 8.81. The largest absolute Gasteiger partial charge is 0.492 e. The van der Waals surface area contributed by atoms with Crippen molar-refractivity contribution in [3.05, 3.63) is 70.9 Å². The fourth-order valence-electron chi connectivity index (χ4n) is 3.10. The second-order valence-electron chi connectivity index (χ2n) is 6.13. The third-order valence-electron chi connectivity index (χ3n) is 4.44. The number of rotatable bonds is 5. The number of ether oxygens (including phenoxy) is 1. The maximum absolute atomic E-state index is 5.98. The molecule has 0 amide bonds. The number of nitrogens with zero attached hydrogens (tertiary/aromatic N) is 2. The quantitative estimate of drug-likeness (QED) is 0.679. The Morgan fingerprint density at radius 2 is 1.88 bits per heavy atom. The molecule has 1 aliphatic heterocycles. The maximum Gasteiger partial charge on any atom is 0.143 e. The van der Waals surface area contributed by atoms with Crippen LogP contribution >= 0.6 is 11.6 Å². The zero-order chi connectivity index (χ0) is 17.1. The normalized spacial score (nSPS) is 14.3. The summed E-state index contributed by atoms with van der Waals surface area (Å²) >= 11 is 5.98. The molecule has 4 nitrogen and oxygen atoms in total. The molecule has 0 saturated carbocycles. The van der Waals surface area contributed by atoms with Crippen LogP contribution in [0, 0.1) is 0 Å². The van der Waals surface area contributed by atoms with Crippen LogP contribution in [0.2, 0.25) is 5.02 Å². The molecule has 0 saturated heterocycles. The van der Waals surface area contributed by atoms with Crippen LogP contribution in [-0.2, 0) is 13.0 Å². The van der Waals surface area contributed by atoms with Crippen LogP contribution in [0.25, 0.3) is 11.3 Å². The summed E-state index contributed by atoms with van der Waals surface area (Å²) in [5.74, 6) is 1.90. The van der Waals surface area contributed by atoms with E-state index in [0.29, 0.717) is 6.61 Å². The van der Waals surface area contributed by atoms with Gasteiger partial charge in [-0.15, -0.1) is 0 Å². The lowest BCUT2D eigenvalue weighted by Gasteiger charge is -2.25. The Hall–Kier alpha value is -2.30. The Morgan fingerprint density at radius 3 is 2.68 bits per heavy atom. The van der Waals surface area contributed by atoms with Crippen molar-refractivity contribution in [3.8, 4) is 17.0 Å². The van der Waals surface area contributed by atoms with Crippen molar-refractivity contribution >= 4 is 11.6 Å². The summed E-state index contributed by atoms with van der Waals surface area (Å²) in [5, 5.41) is 5.01. The first-order valence-electron chi connectivity index (χ1n) is 8.43. The predicted molar refractivity (Wildman–Crippen MR) is 97.9 cm³/mol. The summed E-state index contributed by atoms with van der Waals surface area (Å²) in [6.45, 7) is 3.33. The standard InChI is InChI=1S/C20H19ClN2O2/c21-16-8-6-15(7-9-16)20-18-14-23(11-10-19(18)25-22-20)12-13-24-17-4-2-1-3-5-17/h1-9H,10-14H2. The zero-order valence-corrected chi connectivity index (χ0v) is 14.6. The molecule has 25 heavy (non-hydrogen) atoms. The van der Waals surface area contributed by atoms with Crippen LogP contribution in [0.15, 0.2) is 59.1 Å². The molecule has 3 aromatic rings. The van der Waals surface area contributed by atoms with E-state index in [1.807, 2.05) is 54.6 Å². The van der Waals surface area contributed by atoms with Gasteiger partial charge in [-0.05, 0) is 24.3 Å². The summed E-state index contributed by atoms with van der Waals surface area (Å²) < 4.78 is 11.4. The molecule has 0 aliphatic carbocycles. The lowest BCUT2D eigenvalue weighted by atomic mass is 10.0.